The number of carbonyl (C=O) groups excluding carboxylic acids is 4. The summed E-state index contributed by atoms with van der Waals surface area (Å²) in [5, 5.41) is 2.62. The number of ether oxygens (including phenoxy) is 1. The van der Waals surface area contributed by atoms with Crippen molar-refractivity contribution >= 4 is 41.0 Å². The minimum Gasteiger partial charge on any atom is -0.452 e. The Morgan fingerprint density at radius 3 is 2.38 bits per heavy atom. The van der Waals surface area contributed by atoms with Crippen molar-refractivity contribution in [1.82, 2.24) is 9.88 Å². The van der Waals surface area contributed by atoms with E-state index in [0.717, 1.165) is 4.90 Å². The number of nitrogens with one attached hydrogen (secondary N) is 1. The Bertz CT molecular complexity index is 1210. The van der Waals surface area contributed by atoms with Crippen molar-refractivity contribution in [3.05, 3.63) is 94.3 Å². The van der Waals surface area contributed by atoms with Gasteiger partial charge >= 0.3 is 5.97 Å². The number of pyridine rings is 1. The average molecular weight is 450 g/mol. The summed E-state index contributed by atoms with van der Waals surface area (Å²) in [6.45, 7) is -0.514. The maximum Gasteiger partial charge on any atom is 0.338 e. The summed E-state index contributed by atoms with van der Waals surface area (Å²) in [7, 11) is 0. The maximum atomic E-state index is 12.5. The van der Waals surface area contributed by atoms with Crippen LogP contribution in [0.25, 0.3) is 0 Å². The second-order valence-electron chi connectivity index (χ2n) is 6.91. The number of rotatable bonds is 6. The zero-order chi connectivity index (χ0) is 22.7. The van der Waals surface area contributed by atoms with Crippen LogP contribution in [0.2, 0.25) is 5.15 Å². The summed E-state index contributed by atoms with van der Waals surface area (Å²) in [5.41, 5.74) is 1.77. The quantitative estimate of drug-likeness (QED) is 0.351. The van der Waals surface area contributed by atoms with Crippen molar-refractivity contribution in [2.24, 2.45) is 0 Å². The number of fused-ring (bicyclic) bond motifs is 1. The topological polar surface area (TPSA) is 106 Å². The zero-order valence-electron chi connectivity index (χ0n) is 16.6. The summed E-state index contributed by atoms with van der Waals surface area (Å²) in [6.07, 6.45) is 1.48. The molecule has 1 aromatic heterocycles. The predicted molar refractivity (Wildman–Crippen MR) is 115 cm³/mol. The third-order valence-corrected chi connectivity index (χ3v) is 5.05. The van der Waals surface area contributed by atoms with Crippen molar-refractivity contribution in [2.45, 2.75) is 6.54 Å². The van der Waals surface area contributed by atoms with Crippen LogP contribution < -0.4 is 5.32 Å². The van der Waals surface area contributed by atoms with Crippen LogP contribution >= 0.6 is 11.6 Å². The molecule has 4 rings (SSSR count). The Kier molecular flexibility index (Phi) is 5.96. The molecule has 1 aliphatic heterocycles. The SMILES string of the molecule is O=C(COC(=O)c1cccc(CN2C(=O)c3ccccc3C2=O)c1)Nc1cccnc1Cl. The highest BCUT2D eigenvalue weighted by Crippen LogP contribution is 2.24. The van der Waals surface area contributed by atoms with E-state index in [0.29, 0.717) is 22.4 Å². The van der Waals surface area contributed by atoms with Gasteiger partial charge in [-0.1, -0.05) is 35.9 Å². The van der Waals surface area contributed by atoms with Gasteiger partial charge < -0.3 is 10.1 Å². The standard InChI is InChI=1S/C23H16ClN3O5/c24-20-18(9-4-10-25-20)26-19(28)13-32-23(31)15-6-3-5-14(11-15)12-27-21(29)16-7-1-2-8-17(16)22(27)30/h1-11H,12-13H2,(H,26,28). The smallest absolute Gasteiger partial charge is 0.338 e. The number of carbonyl (C=O) groups is 4. The highest BCUT2D eigenvalue weighted by molar-refractivity contribution is 6.32. The largest absolute Gasteiger partial charge is 0.452 e. The number of benzene rings is 2. The number of nitrogens with zero attached hydrogens (tertiary/aromatic N) is 2. The van der Waals surface area contributed by atoms with Gasteiger partial charge in [0.25, 0.3) is 17.7 Å². The van der Waals surface area contributed by atoms with Crippen LogP contribution in [0.5, 0.6) is 0 Å². The molecule has 0 bridgehead atoms. The van der Waals surface area contributed by atoms with E-state index < -0.39 is 18.5 Å². The molecular formula is C23H16ClN3O5. The van der Waals surface area contributed by atoms with E-state index in [2.05, 4.69) is 10.3 Å². The van der Waals surface area contributed by atoms with Crippen molar-refractivity contribution in [3.8, 4) is 0 Å². The van der Waals surface area contributed by atoms with Crippen molar-refractivity contribution in [1.29, 1.82) is 0 Å². The minimum atomic E-state index is -0.721. The van der Waals surface area contributed by atoms with Crippen molar-refractivity contribution < 1.29 is 23.9 Å². The van der Waals surface area contributed by atoms with E-state index in [9.17, 15) is 19.2 Å². The number of hydrogen-bond acceptors (Lipinski definition) is 6. The molecular weight excluding hydrogens is 434 g/mol. The number of esters is 1. The molecule has 3 amide bonds. The van der Waals surface area contributed by atoms with Gasteiger partial charge in [0.2, 0.25) is 0 Å². The number of amides is 3. The highest BCUT2D eigenvalue weighted by Gasteiger charge is 2.35. The zero-order valence-corrected chi connectivity index (χ0v) is 17.3. The van der Waals surface area contributed by atoms with E-state index >= 15 is 0 Å². The molecule has 0 saturated heterocycles. The molecule has 0 unspecified atom stereocenters. The molecule has 2 heterocycles. The molecule has 8 nitrogen and oxygen atoms in total. The molecule has 0 fully saturated rings. The lowest BCUT2D eigenvalue weighted by atomic mass is 10.1. The van der Waals surface area contributed by atoms with Crippen LogP contribution in [0, 0.1) is 0 Å². The first kappa shape index (κ1) is 21.2. The maximum absolute atomic E-state index is 12.5. The minimum absolute atomic E-state index is 0.00740. The van der Waals surface area contributed by atoms with E-state index in [1.54, 1.807) is 48.5 Å². The second kappa shape index (κ2) is 8.99. The fraction of sp³-hybridized carbons (Fsp3) is 0.0870. The van der Waals surface area contributed by atoms with Crippen LogP contribution in [-0.2, 0) is 16.1 Å². The molecule has 0 atom stereocenters. The molecule has 0 spiro atoms. The second-order valence-corrected chi connectivity index (χ2v) is 7.27. The lowest BCUT2D eigenvalue weighted by molar-refractivity contribution is -0.119. The molecule has 0 saturated carbocycles. The summed E-state index contributed by atoms with van der Waals surface area (Å²) in [5.74, 6) is -2.06. The number of imide groups is 1. The Hall–Kier alpha value is -4.04. The molecule has 160 valence electrons. The molecule has 1 aliphatic rings. The Labute approximate surface area is 187 Å². The summed E-state index contributed by atoms with van der Waals surface area (Å²) in [6, 6.07) is 16.1. The number of aromatic nitrogens is 1. The fourth-order valence-corrected chi connectivity index (χ4v) is 3.41. The summed E-state index contributed by atoms with van der Waals surface area (Å²) < 4.78 is 5.06. The molecule has 3 aromatic rings. The third-order valence-electron chi connectivity index (χ3n) is 4.75. The monoisotopic (exact) mass is 449 g/mol. The lowest BCUT2D eigenvalue weighted by Gasteiger charge is -2.14. The Morgan fingerprint density at radius 2 is 1.69 bits per heavy atom. The van der Waals surface area contributed by atoms with Gasteiger partial charge in [0.05, 0.1) is 28.9 Å². The van der Waals surface area contributed by atoms with Gasteiger partial charge in [-0.15, -0.1) is 0 Å². The highest BCUT2D eigenvalue weighted by atomic mass is 35.5. The van der Waals surface area contributed by atoms with Gasteiger partial charge in [0.1, 0.15) is 0 Å². The number of anilines is 1. The predicted octanol–water partition coefficient (Wildman–Crippen LogP) is 3.33. The third kappa shape index (κ3) is 4.35. The molecule has 32 heavy (non-hydrogen) atoms. The summed E-state index contributed by atoms with van der Waals surface area (Å²) in [4.78, 5) is 54.4. The first-order valence-corrected chi connectivity index (χ1v) is 9.93. The van der Waals surface area contributed by atoms with Crippen LogP contribution in [-0.4, -0.2) is 40.2 Å². The van der Waals surface area contributed by atoms with Gasteiger partial charge in [-0.05, 0) is 42.0 Å². The van der Waals surface area contributed by atoms with E-state index in [-0.39, 0.29) is 29.1 Å². The molecule has 9 heteroatoms. The molecule has 1 N–H and O–H groups in total. The first-order valence-electron chi connectivity index (χ1n) is 9.55. The van der Waals surface area contributed by atoms with Gasteiger partial charge in [-0.2, -0.15) is 0 Å². The van der Waals surface area contributed by atoms with Crippen molar-refractivity contribution in [2.75, 3.05) is 11.9 Å². The average Bonchev–Trinajstić information content (AvgIpc) is 3.04. The molecule has 0 aliphatic carbocycles. The fourth-order valence-electron chi connectivity index (χ4n) is 3.24. The normalized spacial score (nSPS) is 12.5. The van der Waals surface area contributed by atoms with E-state index in [1.165, 1.54) is 18.3 Å². The van der Waals surface area contributed by atoms with Crippen LogP contribution in [0.4, 0.5) is 5.69 Å². The van der Waals surface area contributed by atoms with E-state index in [1.807, 2.05) is 0 Å². The van der Waals surface area contributed by atoms with Gasteiger partial charge in [-0.25, -0.2) is 9.78 Å². The van der Waals surface area contributed by atoms with E-state index in [4.69, 9.17) is 16.3 Å². The summed E-state index contributed by atoms with van der Waals surface area (Å²) >= 11 is 5.88. The van der Waals surface area contributed by atoms with Crippen LogP contribution in [0.3, 0.4) is 0 Å². The number of hydrogen-bond donors (Lipinski definition) is 1. The van der Waals surface area contributed by atoms with Crippen LogP contribution in [0.1, 0.15) is 36.6 Å². The molecule has 0 radical (unpaired) electrons. The number of halogens is 1. The molecule has 2 aromatic carbocycles. The Morgan fingerprint density at radius 1 is 0.969 bits per heavy atom. The van der Waals surface area contributed by atoms with Gasteiger partial charge in [-0.3, -0.25) is 19.3 Å². The van der Waals surface area contributed by atoms with Crippen molar-refractivity contribution in [3.63, 3.8) is 0 Å². The lowest BCUT2D eigenvalue weighted by Crippen LogP contribution is -2.29. The van der Waals surface area contributed by atoms with Gasteiger partial charge in [0, 0.05) is 6.20 Å². The van der Waals surface area contributed by atoms with Gasteiger partial charge in [0.15, 0.2) is 11.8 Å². The first-order chi connectivity index (χ1) is 15.4. The van der Waals surface area contributed by atoms with Crippen LogP contribution in [0.15, 0.2) is 66.9 Å². The Balaban J connectivity index is 1.38.